The first-order chi connectivity index (χ1) is 11.2. The van der Waals surface area contributed by atoms with Crippen LogP contribution < -0.4 is 0 Å². The first-order valence-electron chi connectivity index (χ1n) is 6.88. The van der Waals surface area contributed by atoms with Crippen molar-refractivity contribution in [1.29, 1.82) is 0 Å². The van der Waals surface area contributed by atoms with Crippen molar-refractivity contribution in [2.24, 2.45) is 0 Å². The molecule has 4 aromatic rings. The van der Waals surface area contributed by atoms with Crippen molar-refractivity contribution in [3.63, 3.8) is 0 Å². The summed E-state index contributed by atoms with van der Waals surface area (Å²) in [5.74, 6) is -0.178. The quantitative estimate of drug-likeness (QED) is 0.576. The first kappa shape index (κ1) is 14.1. The van der Waals surface area contributed by atoms with E-state index < -0.39 is 0 Å². The van der Waals surface area contributed by atoms with E-state index in [4.69, 9.17) is 0 Å². The molecule has 0 aliphatic rings. The summed E-state index contributed by atoms with van der Waals surface area (Å²) in [6.45, 7) is 0. The maximum absolute atomic E-state index is 13.6. The van der Waals surface area contributed by atoms with Crippen LogP contribution in [0.5, 0.6) is 0 Å². The molecule has 23 heavy (non-hydrogen) atoms. The minimum atomic E-state index is -0.335. The molecule has 0 fully saturated rings. The van der Waals surface area contributed by atoms with Crippen LogP contribution in [0.25, 0.3) is 22.1 Å². The van der Waals surface area contributed by atoms with Gasteiger partial charge in [0.25, 0.3) is 0 Å². The Kier molecular flexibility index (Phi) is 3.42. The maximum Gasteiger partial charge on any atom is 0.211 e. The minimum Gasteiger partial charge on any atom is -0.338 e. The Balaban J connectivity index is 1.66. The van der Waals surface area contributed by atoms with E-state index in [1.165, 1.54) is 30.0 Å². The highest BCUT2D eigenvalue weighted by Gasteiger charge is 2.11. The van der Waals surface area contributed by atoms with Crippen LogP contribution in [0.3, 0.4) is 0 Å². The van der Waals surface area contributed by atoms with Crippen molar-refractivity contribution in [3.8, 4) is 0 Å². The summed E-state index contributed by atoms with van der Waals surface area (Å²) in [5.41, 5.74) is 2.39. The second kappa shape index (κ2) is 5.58. The minimum absolute atomic E-state index is 0.255. The third-order valence-electron chi connectivity index (χ3n) is 3.47. The van der Waals surface area contributed by atoms with Gasteiger partial charge in [0, 0.05) is 16.7 Å². The van der Waals surface area contributed by atoms with E-state index in [9.17, 15) is 8.78 Å². The van der Waals surface area contributed by atoms with Gasteiger partial charge in [0.1, 0.15) is 17.2 Å². The Labute approximate surface area is 134 Å². The van der Waals surface area contributed by atoms with Crippen LogP contribution >= 0.6 is 11.8 Å². The third-order valence-corrected chi connectivity index (χ3v) is 4.36. The molecule has 0 aliphatic heterocycles. The number of rotatable bonds is 3. The van der Waals surface area contributed by atoms with Gasteiger partial charge < -0.3 is 4.98 Å². The summed E-state index contributed by atoms with van der Waals surface area (Å²) in [6, 6.07) is 11.0. The van der Waals surface area contributed by atoms with Gasteiger partial charge in [-0.1, -0.05) is 30.0 Å². The van der Waals surface area contributed by atoms with Gasteiger partial charge in [-0.3, -0.25) is 0 Å². The molecule has 0 radical (unpaired) electrons. The summed E-state index contributed by atoms with van der Waals surface area (Å²) < 4.78 is 27.0. The van der Waals surface area contributed by atoms with Gasteiger partial charge in [0.05, 0.1) is 0 Å². The standard InChI is InChI=1S/C16H10F2N4S/c17-10-5-6-13-11(7-10)14-15(19-13)20-16(22-21-14)23-8-9-3-1-2-4-12(9)18/h1-7H,8H2,(H,19,20,22). The van der Waals surface area contributed by atoms with Gasteiger partial charge in [0.15, 0.2) is 5.65 Å². The lowest BCUT2D eigenvalue weighted by Gasteiger charge is -2.01. The number of nitrogens with one attached hydrogen (secondary N) is 1. The lowest BCUT2D eigenvalue weighted by Crippen LogP contribution is -1.93. The van der Waals surface area contributed by atoms with Gasteiger partial charge in [0.2, 0.25) is 5.16 Å². The Bertz CT molecular complexity index is 1020. The van der Waals surface area contributed by atoms with Crippen molar-refractivity contribution in [3.05, 3.63) is 59.7 Å². The largest absolute Gasteiger partial charge is 0.338 e. The van der Waals surface area contributed by atoms with E-state index in [0.29, 0.717) is 33.0 Å². The molecule has 2 aromatic heterocycles. The fourth-order valence-electron chi connectivity index (χ4n) is 2.35. The molecular formula is C16H10F2N4S. The van der Waals surface area contributed by atoms with Crippen molar-refractivity contribution < 1.29 is 8.78 Å². The summed E-state index contributed by atoms with van der Waals surface area (Å²) in [5, 5.41) is 9.24. The van der Waals surface area contributed by atoms with Gasteiger partial charge in [-0.15, -0.1) is 10.2 Å². The second-order valence-corrected chi connectivity index (χ2v) is 5.93. The van der Waals surface area contributed by atoms with Crippen molar-refractivity contribution in [1.82, 2.24) is 20.2 Å². The Morgan fingerprint density at radius 2 is 1.91 bits per heavy atom. The Hall–Kier alpha value is -2.54. The number of thioether (sulfide) groups is 1. The number of hydrogen-bond donors (Lipinski definition) is 1. The zero-order valence-electron chi connectivity index (χ0n) is 11.8. The Morgan fingerprint density at radius 3 is 2.78 bits per heavy atom. The summed E-state index contributed by atoms with van der Waals surface area (Å²) in [7, 11) is 0. The van der Waals surface area contributed by atoms with Gasteiger partial charge >= 0.3 is 0 Å². The number of fused-ring (bicyclic) bond motifs is 3. The lowest BCUT2D eigenvalue weighted by atomic mass is 10.2. The predicted molar refractivity (Wildman–Crippen MR) is 85.1 cm³/mol. The van der Waals surface area contributed by atoms with Crippen LogP contribution in [-0.2, 0) is 5.75 Å². The topological polar surface area (TPSA) is 54.5 Å². The average Bonchev–Trinajstić information content (AvgIpc) is 2.91. The van der Waals surface area contributed by atoms with Crippen LogP contribution in [-0.4, -0.2) is 20.2 Å². The summed E-state index contributed by atoms with van der Waals surface area (Å²) in [6.07, 6.45) is 0. The molecule has 0 saturated heterocycles. The molecule has 0 saturated carbocycles. The van der Waals surface area contributed by atoms with Crippen LogP contribution in [0.2, 0.25) is 0 Å². The zero-order valence-corrected chi connectivity index (χ0v) is 12.6. The number of nitrogens with zero attached hydrogens (tertiary/aromatic N) is 3. The molecule has 2 aromatic carbocycles. The van der Waals surface area contributed by atoms with Crippen molar-refractivity contribution in [2.45, 2.75) is 10.9 Å². The number of benzene rings is 2. The van der Waals surface area contributed by atoms with Gasteiger partial charge in [-0.05, 0) is 29.8 Å². The molecule has 2 heterocycles. The highest BCUT2D eigenvalue weighted by atomic mass is 32.2. The SMILES string of the molecule is Fc1ccc2[nH]c3nc(SCc4ccccc4F)nnc3c2c1. The van der Waals surface area contributed by atoms with E-state index in [0.717, 1.165) is 5.52 Å². The molecular weight excluding hydrogens is 318 g/mol. The van der Waals surface area contributed by atoms with Crippen LogP contribution in [0.1, 0.15) is 5.56 Å². The molecule has 0 bridgehead atoms. The molecule has 7 heteroatoms. The molecule has 0 atom stereocenters. The van der Waals surface area contributed by atoms with Gasteiger partial charge in [-0.2, -0.15) is 0 Å². The fourth-order valence-corrected chi connectivity index (χ4v) is 3.12. The monoisotopic (exact) mass is 328 g/mol. The molecule has 114 valence electrons. The number of H-pyrrole nitrogens is 1. The fraction of sp³-hybridized carbons (Fsp3) is 0.0625. The highest BCUT2D eigenvalue weighted by Crippen LogP contribution is 2.25. The average molecular weight is 328 g/mol. The molecule has 0 spiro atoms. The second-order valence-electron chi connectivity index (χ2n) is 4.99. The Morgan fingerprint density at radius 1 is 1.04 bits per heavy atom. The van der Waals surface area contributed by atoms with Crippen molar-refractivity contribution >= 4 is 33.8 Å². The van der Waals surface area contributed by atoms with E-state index in [1.54, 1.807) is 24.3 Å². The number of hydrogen-bond acceptors (Lipinski definition) is 4. The lowest BCUT2D eigenvalue weighted by molar-refractivity contribution is 0.617. The van der Waals surface area contributed by atoms with Crippen LogP contribution in [0.4, 0.5) is 8.78 Å². The molecule has 4 rings (SSSR count). The van der Waals surface area contributed by atoms with E-state index in [-0.39, 0.29) is 11.6 Å². The van der Waals surface area contributed by atoms with E-state index in [1.807, 2.05) is 0 Å². The zero-order chi connectivity index (χ0) is 15.8. The molecule has 1 N–H and O–H groups in total. The smallest absolute Gasteiger partial charge is 0.211 e. The first-order valence-corrected chi connectivity index (χ1v) is 7.87. The summed E-state index contributed by atoms with van der Waals surface area (Å²) in [4.78, 5) is 7.46. The van der Waals surface area contributed by atoms with E-state index in [2.05, 4.69) is 20.2 Å². The van der Waals surface area contributed by atoms with Crippen LogP contribution in [0, 0.1) is 11.6 Å². The molecule has 0 aliphatic carbocycles. The molecule has 0 amide bonds. The van der Waals surface area contributed by atoms with Crippen LogP contribution in [0.15, 0.2) is 47.6 Å². The van der Waals surface area contributed by atoms with Gasteiger partial charge in [-0.25, -0.2) is 13.8 Å². The number of aromatic nitrogens is 4. The molecule has 4 nitrogen and oxygen atoms in total. The third kappa shape index (κ3) is 2.63. The number of aromatic amines is 1. The van der Waals surface area contributed by atoms with E-state index >= 15 is 0 Å². The number of halogens is 2. The normalized spacial score (nSPS) is 11.4. The summed E-state index contributed by atoms with van der Waals surface area (Å²) >= 11 is 1.30. The maximum atomic E-state index is 13.6. The predicted octanol–water partition coefficient (Wildman–Crippen LogP) is 4.08. The highest BCUT2D eigenvalue weighted by molar-refractivity contribution is 7.98. The van der Waals surface area contributed by atoms with Crippen molar-refractivity contribution in [2.75, 3.05) is 0 Å². The molecule has 0 unspecified atom stereocenters.